The van der Waals surface area contributed by atoms with Crippen molar-refractivity contribution in [3.63, 3.8) is 0 Å². The van der Waals surface area contributed by atoms with Crippen molar-refractivity contribution in [1.82, 2.24) is 14.5 Å². The van der Waals surface area contributed by atoms with Crippen LogP contribution in [0.15, 0.2) is 36.7 Å². The SMILES string of the molecule is Cn1ccnc1-c1ccc(CN2CCS(=O)(=O)CC2)cc1. The number of aryl methyl sites for hydroxylation is 1. The highest BCUT2D eigenvalue weighted by Gasteiger charge is 2.21. The van der Waals surface area contributed by atoms with Gasteiger partial charge in [-0.2, -0.15) is 0 Å². The van der Waals surface area contributed by atoms with E-state index >= 15 is 0 Å². The molecule has 0 saturated carbocycles. The second-order valence-electron chi connectivity index (χ2n) is 5.49. The van der Waals surface area contributed by atoms with Crippen LogP contribution in [0.5, 0.6) is 0 Å². The molecule has 0 bridgehead atoms. The minimum Gasteiger partial charge on any atom is -0.334 e. The van der Waals surface area contributed by atoms with Crippen LogP contribution in [0.25, 0.3) is 11.4 Å². The third-order valence-corrected chi connectivity index (χ3v) is 5.49. The summed E-state index contributed by atoms with van der Waals surface area (Å²) in [7, 11) is -0.825. The highest BCUT2D eigenvalue weighted by molar-refractivity contribution is 7.91. The fourth-order valence-electron chi connectivity index (χ4n) is 2.57. The van der Waals surface area contributed by atoms with E-state index in [9.17, 15) is 8.42 Å². The lowest BCUT2D eigenvalue weighted by Crippen LogP contribution is -2.39. The van der Waals surface area contributed by atoms with Crippen LogP contribution in [0, 0.1) is 0 Å². The summed E-state index contributed by atoms with van der Waals surface area (Å²) < 4.78 is 24.8. The first-order valence-electron chi connectivity index (χ1n) is 7.03. The molecule has 1 aliphatic heterocycles. The molecule has 1 fully saturated rings. The molecule has 0 N–H and O–H groups in total. The molecule has 21 heavy (non-hydrogen) atoms. The zero-order valence-corrected chi connectivity index (χ0v) is 12.9. The lowest BCUT2D eigenvalue weighted by molar-refractivity contribution is 0.287. The Hall–Kier alpha value is -1.66. The van der Waals surface area contributed by atoms with Crippen LogP contribution in [0.1, 0.15) is 5.56 Å². The highest BCUT2D eigenvalue weighted by Crippen LogP contribution is 2.18. The molecule has 0 spiro atoms. The minimum absolute atomic E-state index is 0.276. The lowest BCUT2D eigenvalue weighted by Gasteiger charge is -2.26. The summed E-state index contributed by atoms with van der Waals surface area (Å²) in [4.78, 5) is 6.52. The zero-order valence-electron chi connectivity index (χ0n) is 12.1. The van der Waals surface area contributed by atoms with Gasteiger partial charge in [-0.15, -0.1) is 0 Å². The Morgan fingerprint density at radius 2 is 1.81 bits per heavy atom. The first-order chi connectivity index (χ1) is 10.0. The van der Waals surface area contributed by atoms with Gasteiger partial charge < -0.3 is 4.57 Å². The third-order valence-electron chi connectivity index (χ3n) is 3.88. The summed E-state index contributed by atoms with van der Waals surface area (Å²) in [5.74, 6) is 1.50. The fourth-order valence-corrected chi connectivity index (χ4v) is 3.85. The Balaban J connectivity index is 1.67. The van der Waals surface area contributed by atoms with Gasteiger partial charge in [0.15, 0.2) is 9.84 Å². The number of nitrogens with zero attached hydrogens (tertiary/aromatic N) is 3. The van der Waals surface area contributed by atoms with Crippen molar-refractivity contribution in [2.24, 2.45) is 7.05 Å². The maximum absolute atomic E-state index is 11.4. The van der Waals surface area contributed by atoms with E-state index in [4.69, 9.17) is 0 Å². The van der Waals surface area contributed by atoms with Crippen molar-refractivity contribution in [2.75, 3.05) is 24.6 Å². The molecular weight excluding hydrogens is 286 g/mol. The summed E-state index contributed by atoms with van der Waals surface area (Å²) in [6.07, 6.45) is 3.72. The average Bonchev–Trinajstić information content (AvgIpc) is 2.88. The molecular formula is C15H19N3O2S. The minimum atomic E-state index is -2.80. The van der Waals surface area contributed by atoms with Crippen molar-refractivity contribution >= 4 is 9.84 Å². The van der Waals surface area contributed by atoms with Gasteiger partial charge in [-0.3, -0.25) is 4.90 Å². The van der Waals surface area contributed by atoms with Crippen LogP contribution in [0.3, 0.4) is 0 Å². The largest absolute Gasteiger partial charge is 0.334 e. The summed E-state index contributed by atoms with van der Waals surface area (Å²) in [5, 5.41) is 0. The zero-order chi connectivity index (χ0) is 14.9. The van der Waals surface area contributed by atoms with Crippen molar-refractivity contribution in [1.29, 1.82) is 0 Å². The Morgan fingerprint density at radius 3 is 2.38 bits per heavy atom. The summed E-state index contributed by atoms with van der Waals surface area (Å²) in [6.45, 7) is 2.06. The molecule has 1 aliphatic rings. The van der Waals surface area contributed by atoms with Gasteiger partial charge in [-0.25, -0.2) is 13.4 Å². The molecule has 1 saturated heterocycles. The molecule has 0 aliphatic carbocycles. The topological polar surface area (TPSA) is 55.2 Å². The second-order valence-corrected chi connectivity index (χ2v) is 7.79. The first kappa shape index (κ1) is 14.3. The standard InChI is InChI=1S/C15H19N3O2S/c1-17-7-6-16-15(17)14-4-2-13(3-5-14)12-18-8-10-21(19,20)11-9-18/h2-7H,8-12H2,1H3. The fraction of sp³-hybridized carbons (Fsp3) is 0.400. The van der Waals surface area contributed by atoms with Crippen LogP contribution in [0.2, 0.25) is 0 Å². The molecule has 2 aromatic rings. The summed E-state index contributed by atoms with van der Waals surface area (Å²) in [5.41, 5.74) is 2.29. The third kappa shape index (κ3) is 3.33. The Bertz CT molecular complexity index is 706. The van der Waals surface area contributed by atoms with E-state index in [0.29, 0.717) is 13.1 Å². The van der Waals surface area contributed by atoms with Crippen molar-refractivity contribution in [3.8, 4) is 11.4 Å². The van der Waals surface area contributed by atoms with Crippen molar-refractivity contribution < 1.29 is 8.42 Å². The van der Waals surface area contributed by atoms with Gasteiger partial charge in [-0.1, -0.05) is 24.3 Å². The molecule has 0 atom stereocenters. The van der Waals surface area contributed by atoms with E-state index in [2.05, 4.69) is 34.1 Å². The molecule has 0 radical (unpaired) electrons. The van der Waals surface area contributed by atoms with Crippen LogP contribution in [-0.2, 0) is 23.4 Å². The molecule has 3 rings (SSSR count). The van der Waals surface area contributed by atoms with Crippen LogP contribution >= 0.6 is 0 Å². The van der Waals surface area contributed by atoms with Gasteiger partial charge in [0.2, 0.25) is 0 Å². The quantitative estimate of drug-likeness (QED) is 0.858. The number of imidazole rings is 1. The molecule has 0 amide bonds. The Morgan fingerprint density at radius 1 is 1.14 bits per heavy atom. The van der Waals surface area contributed by atoms with E-state index in [1.165, 1.54) is 5.56 Å². The van der Waals surface area contributed by atoms with Crippen molar-refractivity contribution in [3.05, 3.63) is 42.2 Å². The molecule has 5 nitrogen and oxygen atoms in total. The number of benzene rings is 1. The maximum atomic E-state index is 11.4. The van der Waals surface area contributed by atoms with E-state index in [1.54, 1.807) is 6.20 Å². The van der Waals surface area contributed by atoms with Crippen LogP contribution in [0.4, 0.5) is 0 Å². The monoisotopic (exact) mass is 305 g/mol. The summed E-state index contributed by atoms with van der Waals surface area (Å²) >= 11 is 0. The molecule has 6 heteroatoms. The van der Waals surface area contributed by atoms with Gasteiger partial charge >= 0.3 is 0 Å². The number of rotatable bonds is 3. The van der Waals surface area contributed by atoms with E-state index in [-0.39, 0.29) is 11.5 Å². The van der Waals surface area contributed by atoms with Gasteiger partial charge in [0.25, 0.3) is 0 Å². The predicted molar refractivity (Wildman–Crippen MR) is 82.6 cm³/mol. The van der Waals surface area contributed by atoms with Crippen LogP contribution in [-0.4, -0.2) is 47.5 Å². The second kappa shape index (κ2) is 5.61. The number of hydrogen-bond donors (Lipinski definition) is 0. The van der Waals surface area contributed by atoms with Crippen molar-refractivity contribution in [2.45, 2.75) is 6.54 Å². The Kier molecular flexibility index (Phi) is 3.82. The van der Waals surface area contributed by atoms with Crippen LogP contribution < -0.4 is 0 Å². The molecule has 0 unspecified atom stereocenters. The highest BCUT2D eigenvalue weighted by atomic mass is 32.2. The summed E-state index contributed by atoms with van der Waals surface area (Å²) in [6, 6.07) is 8.32. The molecule has 112 valence electrons. The number of sulfone groups is 1. The normalized spacial score (nSPS) is 18.7. The maximum Gasteiger partial charge on any atom is 0.152 e. The molecule has 1 aromatic heterocycles. The van der Waals surface area contributed by atoms with E-state index in [0.717, 1.165) is 17.9 Å². The van der Waals surface area contributed by atoms with E-state index in [1.807, 2.05) is 17.8 Å². The molecule has 1 aromatic carbocycles. The smallest absolute Gasteiger partial charge is 0.152 e. The Labute approximate surface area is 125 Å². The van der Waals surface area contributed by atoms with Gasteiger partial charge in [0.1, 0.15) is 5.82 Å². The average molecular weight is 305 g/mol. The number of hydrogen-bond acceptors (Lipinski definition) is 4. The number of aromatic nitrogens is 2. The first-order valence-corrected chi connectivity index (χ1v) is 8.85. The van der Waals surface area contributed by atoms with Gasteiger partial charge in [0.05, 0.1) is 11.5 Å². The lowest BCUT2D eigenvalue weighted by atomic mass is 10.1. The molecule has 2 heterocycles. The predicted octanol–water partition coefficient (Wildman–Crippen LogP) is 1.32. The van der Waals surface area contributed by atoms with Gasteiger partial charge in [-0.05, 0) is 5.56 Å². The van der Waals surface area contributed by atoms with Gasteiger partial charge in [0, 0.05) is 44.6 Å². The van der Waals surface area contributed by atoms with E-state index < -0.39 is 9.84 Å².